The van der Waals surface area contributed by atoms with Gasteiger partial charge < -0.3 is 13.9 Å². The zero-order valence-corrected chi connectivity index (χ0v) is 14.7. The van der Waals surface area contributed by atoms with Crippen molar-refractivity contribution in [3.63, 3.8) is 0 Å². The van der Waals surface area contributed by atoms with Gasteiger partial charge in [-0.1, -0.05) is 17.2 Å². The van der Waals surface area contributed by atoms with Crippen LogP contribution in [0.1, 0.15) is 27.2 Å². The molecule has 0 saturated heterocycles. The van der Waals surface area contributed by atoms with Crippen molar-refractivity contribution in [3.05, 3.63) is 64.1 Å². The highest BCUT2D eigenvalue weighted by molar-refractivity contribution is 5.77. The molecule has 128 valence electrons. The lowest BCUT2D eigenvalue weighted by molar-refractivity contribution is 0.140. The highest BCUT2D eigenvalue weighted by atomic mass is 16.5. The second-order valence-corrected chi connectivity index (χ2v) is 6.04. The minimum atomic E-state index is -0.361. The number of benzene rings is 1. The molecule has 0 aliphatic carbocycles. The van der Waals surface area contributed by atoms with Gasteiger partial charge in [-0.2, -0.15) is 0 Å². The molecule has 0 amide bonds. The number of ether oxygens (including phenoxy) is 2. The van der Waals surface area contributed by atoms with Crippen molar-refractivity contribution in [2.75, 3.05) is 13.7 Å². The molecule has 4 nitrogen and oxygen atoms in total. The van der Waals surface area contributed by atoms with Crippen molar-refractivity contribution >= 4 is 11.0 Å². The van der Waals surface area contributed by atoms with E-state index in [-0.39, 0.29) is 11.7 Å². The molecular formula is C20H24O4. The summed E-state index contributed by atoms with van der Waals surface area (Å²) in [5.74, 6) is 0.675. The van der Waals surface area contributed by atoms with Crippen LogP contribution >= 0.6 is 0 Å². The van der Waals surface area contributed by atoms with Gasteiger partial charge in [-0.25, -0.2) is 4.79 Å². The van der Waals surface area contributed by atoms with Gasteiger partial charge in [-0.05, 0) is 51.5 Å². The number of hydrogen-bond acceptors (Lipinski definition) is 4. The Bertz CT molecular complexity index is 795. The summed E-state index contributed by atoms with van der Waals surface area (Å²) in [7, 11) is 1.72. The maximum atomic E-state index is 11.3. The van der Waals surface area contributed by atoms with E-state index in [4.69, 9.17) is 13.9 Å². The molecule has 1 atom stereocenters. The Morgan fingerprint density at radius 3 is 2.67 bits per heavy atom. The van der Waals surface area contributed by atoms with Gasteiger partial charge >= 0.3 is 5.63 Å². The van der Waals surface area contributed by atoms with E-state index in [2.05, 4.69) is 26.8 Å². The lowest BCUT2D eigenvalue weighted by atomic mass is 10.1. The highest BCUT2D eigenvalue weighted by Gasteiger charge is 2.05. The van der Waals surface area contributed by atoms with Crippen LogP contribution in [0.2, 0.25) is 0 Å². The van der Waals surface area contributed by atoms with Gasteiger partial charge in [0, 0.05) is 24.6 Å². The summed E-state index contributed by atoms with van der Waals surface area (Å²) in [5, 5.41) is 0.873. The molecule has 0 aliphatic heterocycles. The molecule has 0 saturated carbocycles. The fourth-order valence-electron chi connectivity index (χ4n) is 2.39. The molecule has 2 aromatic rings. The standard InChI is InChI=1S/C20H24O4/c1-14(2)11-18(22-4)12-15(3)9-10-23-17-7-5-16-6-8-20(21)24-19(16)13-17/h5-9,11,13,18H,10,12H2,1-4H3/b15-9+/t18-/m0/s1. The Kier molecular flexibility index (Phi) is 6.38. The zero-order valence-electron chi connectivity index (χ0n) is 14.7. The van der Waals surface area contributed by atoms with Crippen LogP contribution in [0.15, 0.2) is 62.8 Å². The van der Waals surface area contributed by atoms with Crippen LogP contribution < -0.4 is 10.4 Å². The third-order valence-electron chi connectivity index (χ3n) is 3.62. The largest absolute Gasteiger partial charge is 0.489 e. The topological polar surface area (TPSA) is 48.7 Å². The summed E-state index contributed by atoms with van der Waals surface area (Å²) < 4.78 is 16.3. The van der Waals surface area contributed by atoms with Crippen LogP contribution in [0.5, 0.6) is 5.75 Å². The van der Waals surface area contributed by atoms with Crippen molar-refractivity contribution in [1.29, 1.82) is 0 Å². The lowest BCUT2D eigenvalue weighted by Gasteiger charge is -2.12. The maximum Gasteiger partial charge on any atom is 0.336 e. The summed E-state index contributed by atoms with van der Waals surface area (Å²) in [6.07, 6.45) is 5.07. The van der Waals surface area contributed by atoms with Gasteiger partial charge in [0.25, 0.3) is 0 Å². The minimum absolute atomic E-state index is 0.0844. The maximum absolute atomic E-state index is 11.3. The van der Waals surface area contributed by atoms with Gasteiger partial charge in [-0.3, -0.25) is 0 Å². The van der Waals surface area contributed by atoms with Crippen LogP contribution in [0, 0.1) is 0 Å². The first-order valence-electron chi connectivity index (χ1n) is 7.98. The molecule has 0 spiro atoms. The summed E-state index contributed by atoms with van der Waals surface area (Å²) in [6.45, 7) is 6.64. The van der Waals surface area contributed by atoms with E-state index in [1.165, 1.54) is 17.2 Å². The predicted octanol–water partition coefficient (Wildman–Crippen LogP) is 4.49. The molecule has 0 fully saturated rings. The third-order valence-corrected chi connectivity index (χ3v) is 3.62. The van der Waals surface area contributed by atoms with Gasteiger partial charge in [0.2, 0.25) is 0 Å². The molecule has 1 aromatic carbocycles. The van der Waals surface area contributed by atoms with Gasteiger partial charge in [0.15, 0.2) is 0 Å². The second kappa shape index (κ2) is 8.50. The van der Waals surface area contributed by atoms with Crippen LogP contribution in [0.4, 0.5) is 0 Å². The number of allylic oxidation sites excluding steroid dienone is 1. The average molecular weight is 328 g/mol. The first kappa shape index (κ1) is 18.0. The molecule has 4 heteroatoms. The number of rotatable bonds is 7. The van der Waals surface area contributed by atoms with Crippen LogP contribution in [-0.4, -0.2) is 19.8 Å². The molecule has 1 heterocycles. The summed E-state index contributed by atoms with van der Waals surface area (Å²) >= 11 is 0. The van der Waals surface area contributed by atoms with E-state index in [0.29, 0.717) is 17.9 Å². The lowest BCUT2D eigenvalue weighted by Crippen LogP contribution is -2.08. The van der Waals surface area contributed by atoms with Crippen LogP contribution in [0.3, 0.4) is 0 Å². The summed E-state index contributed by atoms with van der Waals surface area (Å²) in [4.78, 5) is 11.3. The van der Waals surface area contributed by atoms with Gasteiger partial charge in [0.1, 0.15) is 17.9 Å². The van der Waals surface area contributed by atoms with Crippen molar-refractivity contribution in [2.24, 2.45) is 0 Å². The zero-order chi connectivity index (χ0) is 17.5. The Hall–Kier alpha value is -2.33. The fourth-order valence-corrected chi connectivity index (χ4v) is 2.39. The van der Waals surface area contributed by atoms with Crippen molar-refractivity contribution in [3.8, 4) is 5.75 Å². The second-order valence-electron chi connectivity index (χ2n) is 6.04. The molecule has 0 aliphatic rings. The first-order chi connectivity index (χ1) is 11.5. The molecule has 0 bridgehead atoms. The van der Waals surface area contributed by atoms with E-state index in [1.54, 1.807) is 19.2 Å². The Balaban J connectivity index is 1.97. The smallest absolute Gasteiger partial charge is 0.336 e. The monoisotopic (exact) mass is 328 g/mol. The SMILES string of the molecule is CO[C@@H](C=C(C)C)C/C(C)=C/COc1ccc2ccc(=O)oc2c1. The number of fused-ring (bicyclic) bond motifs is 1. The van der Waals surface area contributed by atoms with Crippen LogP contribution in [-0.2, 0) is 4.74 Å². The summed E-state index contributed by atoms with van der Waals surface area (Å²) in [6, 6.07) is 8.63. The molecule has 1 aromatic heterocycles. The minimum Gasteiger partial charge on any atom is -0.489 e. The summed E-state index contributed by atoms with van der Waals surface area (Å²) in [5.41, 5.74) is 2.61. The van der Waals surface area contributed by atoms with E-state index in [0.717, 1.165) is 11.8 Å². The Morgan fingerprint density at radius 2 is 1.96 bits per heavy atom. The molecule has 2 rings (SSSR count). The van der Waals surface area contributed by atoms with Crippen LogP contribution in [0.25, 0.3) is 11.0 Å². The Morgan fingerprint density at radius 1 is 1.21 bits per heavy atom. The molecule has 0 unspecified atom stereocenters. The van der Waals surface area contributed by atoms with Crippen molar-refractivity contribution < 1.29 is 13.9 Å². The fraction of sp³-hybridized carbons (Fsp3) is 0.350. The van der Waals surface area contributed by atoms with Crippen molar-refractivity contribution in [2.45, 2.75) is 33.3 Å². The molecule has 0 radical (unpaired) electrons. The van der Waals surface area contributed by atoms with Gasteiger partial charge in [0.05, 0.1) is 6.10 Å². The van der Waals surface area contributed by atoms with Crippen molar-refractivity contribution in [1.82, 2.24) is 0 Å². The molecule has 0 N–H and O–H groups in total. The van der Waals surface area contributed by atoms with E-state index >= 15 is 0 Å². The predicted molar refractivity (Wildman–Crippen MR) is 96.6 cm³/mol. The average Bonchev–Trinajstić information content (AvgIpc) is 2.53. The number of methoxy groups -OCH3 is 1. The number of hydrogen-bond donors (Lipinski definition) is 0. The first-order valence-corrected chi connectivity index (χ1v) is 7.98. The van der Waals surface area contributed by atoms with E-state index in [1.807, 2.05) is 18.2 Å². The normalized spacial score (nSPS) is 12.9. The van der Waals surface area contributed by atoms with E-state index in [9.17, 15) is 4.79 Å². The quantitative estimate of drug-likeness (QED) is 0.555. The Labute approximate surface area is 142 Å². The third kappa shape index (κ3) is 5.39. The molecule has 24 heavy (non-hydrogen) atoms. The van der Waals surface area contributed by atoms with Gasteiger partial charge in [-0.15, -0.1) is 0 Å². The highest BCUT2D eigenvalue weighted by Crippen LogP contribution is 2.19. The molecular weight excluding hydrogens is 304 g/mol. The van der Waals surface area contributed by atoms with E-state index < -0.39 is 0 Å².